The van der Waals surface area contributed by atoms with Crippen molar-refractivity contribution in [3.8, 4) is 0 Å². The second-order valence-electron chi connectivity index (χ2n) is 6.69. The first-order chi connectivity index (χ1) is 13.2. The number of benzene rings is 2. The van der Waals surface area contributed by atoms with Gasteiger partial charge in [-0.15, -0.1) is 6.58 Å². The van der Waals surface area contributed by atoms with Crippen LogP contribution in [0, 0.1) is 11.7 Å². The van der Waals surface area contributed by atoms with Crippen molar-refractivity contribution in [3.05, 3.63) is 84.8 Å². The van der Waals surface area contributed by atoms with Gasteiger partial charge in [-0.1, -0.05) is 36.4 Å². The van der Waals surface area contributed by atoms with Crippen LogP contribution in [0.2, 0.25) is 0 Å². The standard InChI is InChI=1S/C23H23FN2O/c1-2-6-17(15-18-7-3-10-20(24)16-18)12-13-22(27)26-21-11-4-8-19-9-5-14-25-23(19)21/h2-5,7-11,14,16-17H,1,6,12-13,15H2,(H,26,27). The van der Waals surface area contributed by atoms with Crippen LogP contribution in [0.3, 0.4) is 0 Å². The first-order valence-corrected chi connectivity index (χ1v) is 9.14. The Bertz CT molecular complexity index is 933. The minimum Gasteiger partial charge on any atom is -0.324 e. The van der Waals surface area contributed by atoms with E-state index in [0.717, 1.165) is 35.0 Å². The van der Waals surface area contributed by atoms with E-state index in [1.807, 2.05) is 42.5 Å². The van der Waals surface area contributed by atoms with Crippen LogP contribution in [0.4, 0.5) is 10.1 Å². The van der Waals surface area contributed by atoms with Gasteiger partial charge >= 0.3 is 0 Å². The van der Waals surface area contributed by atoms with Gasteiger partial charge in [-0.2, -0.15) is 0 Å². The summed E-state index contributed by atoms with van der Waals surface area (Å²) in [4.78, 5) is 16.8. The summed E-state index contributed by atoms with van der Waals surface area (Å²) in [6.45, 7) is 3.81. The van der Waals surface area contributed by atoms with Gasteiger partial charge in [-0.25, -0.2) is 4.39 Å². The van der Waals surface area contributed by atoms with Gasteiger partial charge in [0.25, 0.3) is 0 Å². The van der Waals surface area contributed by atoms with Crippen LogP contribution >= 0.6 is 0 Å². The number of carbonyl (C=O) groups is 1. The number of amides is 1. The zero-order chi connectivity index (χ0) is 19.1. The highest BCUT2D eigenvalue weighted by Gasteiger charge is 2.13. The molecule has 0 radical (unpaired) electrons. The third-order valence-corrected chi connectivity index (χ3v) is 4.60. The minimum absolute atomic E-state index is 0.0403. The highest BCUT2D eigenvalue weighted by Crippen LogP contribution is 2.22. The van der Waals surface area contributed by atoms with Gasteiger partial charge < -0.3 is 5.32 Å². The number of allylic oxidation sites excluding steroid dienone is 1. The van der Waals surface area contributed by atoms with E-state index < -0.39 is 0 Å². The highest BCUT2D eigenvalue weighted by atomic mass is 19.1. The molecule has 3 nitrogen and oxygen atoms in total. The maximum atomic E-state index is 13.4. The maximum Gasteiger partial charge on any atom is 0.224 e. The van der Waals surface area contributed by atoms with Crippen molar-refractivity contribution in [3.63, 3.8) is 0 Å². The second-order valence-corrected chi connectivity index (χ2v) is 6.69. The Balaban J connectivity index is 1.61. The Kier molecular flexibility index (Phi) is 6.31. The molecule has 0 aliphatic rings. The van der Waals surface area contributed by atoms with E-state index in [1.54, 1.807) is 18.3 Å². The Hall–Kier alpha value is -3.01. The van der Waals surface area contributed by atoms with Gasteiger partial charge in [0.1, 0.15) is 5.82 Å². The van der Waals surface area contributed by atoms with Crippen LogP contribution in [0.5, 0.6) is 0 Å². The van der Waals surface area contributed by atoms with E-state index in [1.165, 1.54) is 6.07 Å². The summed E-state index contributed by atoms with van der Waals surface area (Å²) >= 11 is 0. The first kappa shape index (κ1) is 18.8. The van der Waals surface area contributed by atoms with Crippen molar-refractivity contribution in [1.29, 1.82) is 0 Å². The van der Waals surface area contributed by atoms with Crippen molar-refractivity contribution in [2.45, 2.75) is 25.7 Å². The lowest BCUT2D eigenvalue weighted by atomic mass is 9.91. The summed E-state index contributed by atoms with van der Waals surface area (Å²) in [5.41, 5.74) is 2.46. The average molecular weight is 362 g/mol. The van der Waals surface area contributed by atoms with E-state index in [9.17, 15) is 9.18 Å². The number of rotatable bonds is 8. The predicted molar refractivity (Wildman–Crippen MR) is 108 cm³/mol. The monoisotopic (exact) mass is 362 g/mol. The zero-order valence-electron chi connectivity index (χ0n) is 15.2. The molecule has 1 atom stereocenters. The Morgan fingerprint density at radius 1 is 1.19 bits per heavy atom. The summed E-state index contributed by atoms with van der Waals surface area (Å²) < 4.78 is 13.4. The summed E-state index contributed by atoms with van der Waals surface area (Å²) in [7, 11) is 0. The molecule has 0 saturated carbocycles. The SMILES string of the molecule is C=CCC(CCC(=O)Nc1cccc2cccnc12)Cc1cccc(F)c1. The van der Waals surface area contributed by atoms with Crippen LogP contribution < -0.4 is 5.32 Å². The van der Waals surface area contributed by atoms with Gasteiger partial charge in [-0.3, -0.25) is 9.78 Å². The minimum atomic E-state index is -0.231. The molecule has 27 heavy (non-hydrogen) atoms. The van der Waals surface area contributed by atoms with Crippen molar-refractivity contribution < 1.29 is 9.18 Å². The fourth-order valence-electron chi connectivity index (χ4n) is 3.29. The van der Waals surface area contributed by atoms with Gasteiger partial charge in [0.15, 0.2) is 0 Å². The van der Waals surface area contributed by atoms with E-state index in [2.05, 4.69) is 16.9 Å². The molecular weight excluding hydrogens is 339 g/mol. The molecule has 3 rings (SSSR count). The predicted octanol–water partition coefficient (Wildman–Crippen LogP) is 5.53. The van der Waals surface area contributed by atoms with Crippen molar-refractivity contribution in [2.75, 3.05) is 5.32 Å². The lowest BCUT2D eigenvalue weighted by Gasteiger charge is -2.15. The number of para-hydroxylation sites is 1. The second kappa shape index (κ2) is 9.08. The van der Waals surface area contributed by atoms with Crippen LogP contribution in [0.25, 0.3) is 10.9 Å². The molecule has 0 aliphatic heterocycles. The molecule has 1 amide bonds. The Morgan fingerprint density at radius 2 is 2.00 bits per heavy atom. The number of anilines is 1. The molecule has 4 heteroatoms. The lowest BCUT2D eigenvalue weighted by Crippen LogP contribution is -2.15. The normalized spacial score (nSPS) is 11.9. The van der Waals surface area contributed by atoms with E-state index in [4.69, 9.17) is 0 Å². The third kappa shape index (κ3) is 5.23. The summed E-state index contributed by atoms with van der Waals surface area (Å²) in [5, 5.41) is 3.96. The molecule has 1 heterocycles. The van der Waals surface area contributed by atoms with Gasteiger partial charge in [0.05, 0.1) is 11.2 Å². The molecule has 2 aromatic carbocycles. The van der Waals surface area contributed by atoms with Crippen LogP contribution in [0.1, 0.15) is 24.8 Å². The highest BCUT2D eigenvalue weighted by molar-refractivity contribution is 6.00. The molecular formula is C23H23FN2O. The van der Waals surface area contributed by atoms with E-state index in [-0.39, 0.29) is 17.6 Å². The number of carbonyl (C=O) groups excluding carboxylic acids is 1. The van der Waals surface area contributed by atoms with Gasteiger partial charge in [-0.05, 0) is 55.0 Å². The molecule has 0 saturated heterocycles. The molecule has 1 unspecified atom stereocenters. The maximum absolute atomic E-state index is 13.4. The largest absolute Gasteiger partial charge is 0.324 e. The van der Waals surface area contributed by atoms with E-state index >= 15 is 0 Å². The summed E-state index contributed by atoms with van der Waals surface area (Å²) in [6, 6.07) is 16.2. The van der Waals surface area contributed by atoms with Crippen molar-refractivity contribution >= 4 is 22.5 Å². The molecule has 1 N–H and O–H groups in total. The van der Waals surface area contributed by atoms with Crippen LogP contribution in [0.15, 0.2) is 73.4 Å². The lowest BCUT2D eigenvalue weighted by molar-refractivity contribution is -0.116. The smallest absolute Gasteiger partial charge is 0.224 e. The fraction of sp³-hybridized carbons (Fsp3) is 0.217. The Morgan fingerprint density at radius 3 is 2.81 bits per heavy atom. The first-order valence-electron chi connectivity index (χ1n) is 9.14. The number of halogens is 1. The van der Waals surface area contributed by atoms with E-state index in [0.29, 0.717) is 12.8 Å². The molecule has 0 fully saturated rings. The number of fused-ring (bicyclic) bond motifs is 1. The van der Waals surface area contributed by atoms with Gasteiger partial charge in [0.2, 0.25) is 5.91 Å². The van der Waals surface area contributed by atoms with Crippen LogP contribution in [-0.4, -0.2) is 10.9 Å². The average Bonchev–Trinajstić information content (AvgIpc) is 2.67. The summed E-state index contributed by atoms with van der Waals surface area (Å²) in [6.07, 6.45) is 6.21. The molecule has 0 bridgehead atoms. The molecule has 0 aliphatic carbocycles. The Labute approximate surface area is 158 Å². The zero-order valence-corrected chi connectivity index (χ0v) is 15.2. The number of aromatic nitrogens is 1. The van der Waals surface area contributed by atoms with Crippen LogP contribution in [-0.2, 0) is 11.2 Å². The molecule has 1 aromatic heterocycles. The number of hydrogen-bond donors (Lipinski definition) is 1. The third-order valence-electron chi connectivity index (χ3n) is 4.60. The van der Waals surface area contributed by atoms with Crippen molar-refractivity contribution in [1.82, 2.24) is 4.98 Å². The summed E-state index contributed by atoms with van der Waals surface area (Å²) in [5.74, 6) is -0.0202. The number of nitrogens with zero attached hydrogens (tertiary/aromatic N) is 1. The van der Waals surface area contributed by atoms with Crippen molar-refractivity contribution in [2.24, 2.45) is 5.92 Å². The number of pyridine rings is 1. The number of hydrogen-bond acceptors (Lipinski definition) is 2. The topological polar surface area (TPSA) is 42.0 Å². The molecule has 138 valence electrons. The van der Waals surface area contributed by atoms with Gasteiger partial charge in [0, 0.05) is 18.0 Å². The quantitative estimate of drug-likeness (QED) is 0.536. The molecule has 0 spiro atoms. The number of nitrogens with one attached hydrogen (secondary N) is 1. The molecule has 3 aromatic rings. The fourth-order valence-corrected chi connectivity index (χ4v) is 3.29.